The van der Waals surface area contributed by atoms with Crippen LogP contribution in [0.25, 0.3) is 16.9 Å². The molecule has 7 heteroatoms. The lowest BCUT2D eigenvalue weighted by molar-refractivity contribution is 0.0671. The minimum Gasteiger partial charge on any atom is -0.330 e. The maximum absolute atomic E-state index is 14.6. The number of hydrogen-bond acceptors (Lipinski definition) is 3. The first-order valence-electron chi connectivity index (χ1n) is 11.2. The van der Waals surface area contributed by atoms with E-state index in [0.29, 0.717) is 39.5 Å². The predicted octanol–water partition coefficient (Wildman–Crippen LogP) is 5.93. The molecular weight excluding hydrogens is 483 g/mol. The van der Waals surface area contributed by atoms with E-state index in [4.69, 9.17) is 0 Å². The lowest BCUT2D eigenvalue weighted by Gasteiger charge is -2.35. The molecule has 0 saturated heterocycles. The van der Waals surface area contributed by atoms with Gasteiger partial charge in [-0.1, -0.05) is 40.2 Å². The van der Waals surface area contributed by atoms with Gasteiger partial charge in [0.25, 0.3) is 5.91 Å². The van der Waals surface area contributed by atoms with Crippen molar-refractivity contribution >= 4 is 27.5 Å². The Kier molecular flexibility index (Phi) is 4.83. The summed E-state index contributed by atoms with van der Waals surface area (Å²) in [6.07, 6.45) is 2.95. The van der Waals surface area contributed by atoms with Crippen LogP contribution in [0, 0.1) is 5.82 Å². The minimum absolute atomic E-state index is 0.0119. The second kappa shape index (κ2) is 7.76. The Labute approximate surface area is 199 Å². The summed E-state index contributed by atoms with van der Waals surface area (Å²) >= 11 is 3.30. The van der Waals surface area contributed by atoms with Crippen LogP contribution < -0.4 is 0 Å². The van der Waals surface area contributed by atoms with Gasteiger partial charge >= 0.3 is 0 Å². The average molecular weight is 505 g/mol. The Hall–Kier alpha value is -3.06. The molecule has 33 heavy (non-hydrogen) atoms. The van der Waals surface area contributed by atoms with E-state index in [0.717, 1.165) is 25.0 Å². The predicted molar refractivity (Wildman–Crippen MR) is 128 cm³/mol. The van der Waals surface area contributed by atoms with Crippen molar-refractivity contribution in [1.29, 1.82) is 0 Å². The third-order valence-electron chi connectivity index (χ3n) is 6.73. The first-order chi connectivity index (χ1) is 16.0. The topological polar surface area (TPSA) is 50.5 Å². The van der Waals surface area contributed by atoms with E-state index in [-0.39, 0.29) is 17.8 Å². The second-order valence-corrected chi connectivity index (χ2v) is 9.80. The SMILES string of the molecule is C[C@@H]1c2ccccc2CCN1C(=O)c1cc(C2CC2)n2nc(-c3ccc(Br)cc3F)cc2n1. The van der Waals surface area contributed by atoms with Crippen LogP contribution in [0.3, 0.4) is 0 Å². The molecule has 1 aliphatic heterocycles. The molecule has 0 bridgehead atoms. The molecule has 0 spiro atoms. The van der Waals surface area contributed by atoms with Crippen molar-refractivity contribution in [3.63, 3.8) is 0 Å². The summed E-state index contributed by atoms with van der Waals surface area (Å²) < 4.78 is 17.0. The average Bonchev–Trinajstić information content (AvgIpc) is 3.57. The molecule has 2 aliphatic rings. The molecule has 0 unspecified atom stereocenters. The summed E-state index contributed by atoms with van der Waals surface area (Å²) in [6.45, 7) is 2.74. The molecule has 1 fully saturated rings. The van der Waals surface area contributed by atoms with E-state index >= 15 is 0 Å². The summed E-state index contributed by atoms with van der Waals surface area (Å²) in [5.74, 6) is -0.0686. The molecule has 1 amide bonds. The van der Waals surface area contributed by atoms with Crippen molar-refractivity contribution in [3.8, 4) is 11.3 Å². The van der Waals surface area contributed by atoms with E-state index in [9.17, 15) is 9.18 Å². The molecule has 2 aromatic carbocycles. The highest BCUT2D eigenvalue weighted by Gasteiger charge is 2.32. The van der Waals surface area contributed by atoms with Crippen LogP contribution in [-0.4, -0.2) is 31.9 Å². The number of rotatable bonds is 3. The van der Waals surface area contributed by atoms with Gasteiger partial charge in [0.1, 0.15) is 11.5 Å². The molecule has 166 valence electrons. The molecule has 2 aromatic heterocycles. The number of hydrogen-bond donors (Lipinski definition) is 0. The summed E-state index contributed by atoms with van der Waals surface area (Å²) in [4.78, 5) is 20.2. The summed E-state index contributed by atoms with van der Waals surface area (Å²) in [5.41, 5.74) is 5.39. The van der Waals surface area contributed by atoms with E-state index < -0.39 is 0 Å². The maximum Gasteiger partial charge on any atom is 0.273 e. The van der Waals surface area contributed by atoms with E-state index in [1.807, 2.05) is 23.1 Å². The number of amides is 1. The standard InChI is InChI=1S/C26H22BrFN4O/c1-15-19-5-3-2-4-16(19)10-11-31(15)26(33)23-13-24(17-6-7-17)32-25(29-23)14-22(30-32)20-9-8-18(27)12-21(20)28/h2-5,8-9,12-15,17H,6-7,10-11H2,1H3/t15-/m1/s1. The quantitative estimate of drug-likeness (QED) is 0.347. The highest BCUT2D eigenvalue weighted by molar-refractivity contribution is 9.10. The van der Waals surface area contributed by atoms with Gasteiger partial charge in [-0.3, -0.25) is 4.79 Å². The molecule has 0 radical (unpaired) electrons. The zero-order valence-corrected chi connectivity index (χ0v) is 19.7. The van der Waals surface area contributed by atoms with Crippen molar-refractivity contribution in [2.45, 2.75) is 38.1 Å². The van der Waals surface area contributed by atoms with E-state index in [1.54, 1.807) is 22.7 Å². The molecule has 1 saturated carbocycles. The van der Waals surface area contributed by atoms with Crippen LogP contribution in [0.1, 0.15) is 59.0 Å². The van der Waals surface area contributed by atoms with E-state index in [1.165, 1.54) is 17.2 Å². The normalized spacial score (nSPS) is 17.9. The highest BCUT2D eigenvalue weighted by Crippen LogP contribution is 2.41. The summed E-state index contributed by atoms with van der Waals surface area (Å²) in [7, 11) is 0. The smallest absolute Gasteiger partial charge is 0.273 e. The summed E-state index contributed by atoms with van der Waals surface area (Å²) in [5, 5.41) is 4.67. The largest absolute Gasteiger partial charge is 0.330 e. The Morgan fingerprint density at radius 3 is 2.73 bits per heavy atom. The van der Waals surface area contributed by atoms with Crippen LogP contribution in [0.4, 0.5) is 4.39 Å². The molecule has 3 heterocycles. The zero-order valence-electron chi connectivity index (χ0n) is 18.1. The molecule has 6 rings (SSSR count). The maximum atomic E-state index is 14.6. The molecule has 1 atom stereocenters. The molecule has 5 nitrogen and oxygen atoms in total. The van der Waals surface area contributed by atoms with Crippen LogP contribution in [0.2, 0.25) is 0 Å². The van der Waals surface area contributed by atoms with Gasteiger partial charge in [0.2, 0.25) is 0 Å². The number of carbonyl (C=O) groups is 1. The number of aromatic nitrogens is 3. The number of halogens is 2. The van der Waals surface area contributed by atoms with Crippen molar-refractivity contribution in [1.82, 2.24) is 19.5 Å². The fraction of sp³-hybridized carbons (Fsp3) is 0.269. The molecule has 0 N–H and O–H groups in total. The van der Waals surface area contributed by atoms with Crippen LogP contribution >= 0.6 is 15.9 Å². The molecule has 1 aliphatic carbocycles. The van der Waals surface area contributed by atoms with Crippen LogP contribution in [0.15, 0.2) is 59.1 Å². The second-order valence-electron chi connectivity index (χ2n) is 8.89. The van der Waals surface area contributed by atoms with Gasteiger partial charge in [0, 0.05) is 34.3 Å². The Bertz CT molecular complexity index is 1410. The van der Waals surface area contributed by atoms with Crippen molar-refractivity contribution in [2.24, 2.45) is 0 Å². The third kappa shape index (κ3) is 3.55. The van der Waals surface area contributed by atoms with E-state index in [2.05, 4.69) is 45.1 Å². The zero-order chi connectivity index (χ0) is 22.7. The Balaban J connectivity index is 1.41. The van der Waals surface area contributed by atoms with Gasteiger partial charge in [-0.2, -0.15) is 5.10 Å². The number of fused-ring (bicyclic) bond motifs is 2. The monoisotopic (exact) mass is 504 g/mol. The number of benzene rings is 2. The third-order valence-corrected chi connectivity index (χ3v) is 7.23. The Morgan fingerprint density at radius 2 is 1.94 bits per heavy atom. The first kappa shape index (κ1) is 20.5. The van der Waals surface area contributed by atoms with Gasteiger partial charge in [0.15, 0.2) is 5.65 Å². The van der Waals surface area contributed by atoms with Gasteiger partial charge in [0.05, 0.1) is 11.7 Å². The van der Waals surface area contributed by atoms with Crippen molar-refractivity contribution in [2.75, 3.05) is 6.54 Å². The van der Waals surface area contributed by atoms with Gasteiger partial charge in [-0.05, 0) is 61.6 Å². The Morgan fingerprint density at radius 1 is 1.12 bits per heavy atom. The fourth-order valence-electron chi connectivity index (χ4n) is 4.80. The molecular formula is C26H22BrFN4O. The number of carbonyl (C=O) groups excluding carboxylic acids is 1. The van der Waals surface area contributed by atoms with Crippen LogP contribution in [-0.2, 0) is 6.42 Å². The first-order valence-corrected chi connectivity index (χ1v) is 12.0. The summed E-state index contributed by atoms with van der Waals surface area (Å²) in [6, 6.07) is 16.9. The van der Waals surface area contributed by atoms with Crippen LogP contribution in [0.5, 0.6) is 0 Å². The van der Waals surface area contributed by atoms with Gasteiger partial charge in [-0.15, -0.1) is 0 Å². The lowest BCUT2D eigenvalue weighted by Crippen LogP contribution is -2.39. The van der Waals surface area contributed by atoms with Gasteiger partial charge < -0.3 is 4.90 Å². The lowest BCUT2D eigenvalue weighted by atomic mass is 9.93. The minimum atomic E-state index is -0.349. The number of nitrogens with zero attached hydrogens (tertiary/aromatic N) is 4. The van der Waals surface area contributed by atoms with Crippen molar-refractivity contribution < 1.29 is 9.18 Å². The molecule has 4 aromatic rings. The highest BCUT2D eigenvalue weighted by atomic mass is 79.9. The fourth-order valence-corrected chi connectivity index (χ4v) is 5.14. The van der Waals surface area contributed by atoms with Gasteiger partial charge in [-0.25, -0.2) is 13.9 Å². The van der Waals surface area contributed by atoms with Crippen molar-refractivity contribution in [3.05, 3.63) is 87.4 Å².